The summed E-state index contributed by atoms with van der Waals surface area (Å²) in [6.07, 6.45) is 4.39. The third kappa shape index (κ3) is 3.10. The van der Waals surface area contributed by atoms with Gasteiger partial charge >= 0.3 is 0 Å². The van der Waals surface area contributed by atoms with E-state index in [0.29, 0.717) is 19.0 Å². The van der Waals surface area contributed by atoms with Crippen LogP contribution in [0.15, 0.2) is 12.4 Å². The molecule has 2 aliphatic rings. The van der Waals surface area contributed by atoms with Crippen LogP contribution in [0.2, 0.25) is 0 Å². The predicted octanol–water partition coefficient (Wildman–Crippen LogP) is 0.950. The summed E-state index contributed by atoms with van der Waals surface area (Å²) >= 11 is 0. The van der Waals surface area contributed by atoms with E-state index >= 15 is 0 Å². The first-order valence-corrected chi connectivity index (χ1v) is 8.08. The third-order valence-corrected chi connectivity index (χ3v) is 4.90. The van der Waals surface area contributed by atoms with Gasteiger partial charge in [0.05, 0.1) is 19.1 Å². The van der Waals surface area contributed by atoms with Crippen molar-refractivity contribution in [3.05, 3.63) is 12.4 Å². The predicted molar refractivity (Wildman–Crippen MR) is 85.5 cm³/mol. The lowest BCUT2D eigenvalue weighted by Gasteiger charge is -2.39. The summed E-state index contributed by atoms with van der Waals surface area (Å²) in [7, 11) is 3.26. The maximum absolute atomic E-state index is 12.9. The molecule has 1 aromatic heterocycles. The molecule has 1 unspecified atom stereocenters. The number of anilines is 1. The van der Waals surface area contributed by atoms with Crippen molar-refractivity contribution >= 4 is 11.7 Å². The molecule has 3 rings (SSSR count). The van der Waals surface area contributed by atoms with Crippen LogP contribution in [0.4, 0.5) is 5.82 Å². The highest BCUT2D eigenvalue weighted by Gasteiger charge is 2.48. The van der Waals surface area contributed by atoms with E-state index in [-0.39, 0.29) is 11.3 Å². The Bertz CT molecular complexity index is 568. The van der Waals surface area contributed by atoms with Gasteiger partial charge in [-0.1, -0.05) is 0 Å². The van der Waals surface area contributed by atoms with Gasteiger partial charge < -0.3 is 19.3 Å². The first-order valence-electron chi connectivity index (χ1n) is 8.08. The van der Waals surface area contributed by atoms with Crippen molar-refractivity contribution in [2.24, 2.45) is 5.41 Å². The number of aromatic nitrogens is 2. The van der Waals surface area contributed by atoms with Crippen molar-refractivity contribution in [1.29, 1.82) is 0 Å². The number of ether oxygens (including phenoxy) is 2. The number of hydrogen-bond donors (Lipinski definition) is 0. The van der Waals surface area contributed by atoms with Gasteiger partial charge in [0.1, 0.15) is 12.1 Å². The minimum atomic E-state index is -0.274. The number of rotatable bonds is 5. The molecule has 7 heteroatoms. The van der Waals surface area contributed by atoms with Crippen molar-refractivity contribution in [3.63, 3.8) is 0 Å². The molecule has 1 atom stereocenters. The first kappa shape index (κ1) is 16.0. The van der Waals surface area contributed by atoms with Gasteiger partial charge in [-0.3, -0.25) is 4.79 Å². The van der Waals surface area contributed by atoms with Crippen LogP contribution in [0.5, 0.6) is 5.88 Å². The van der Waals surface area contributed by atoms with E-state index in [1.54, 1.807) is 14.2 Å². The van der Waals surface area contributed by atoms with Crippen LogP contribution >= 0.6 is 0 Å². The minimum Gasteiger partial charge on any atom is -0.481 e. The SMILES string of the molecule is COCCN1CCCC2(CCN(c3cc(OC)ncn3)C2)C1=O. The summed E-state index contributed by atoms with van der Waals surface area (Å²) in [5, 5.41) is 0. The van der Waals surface area contributed by atoms with Gasteiger partial charge in [-0.25, -0.2) is 9.97 Å². The molecule has 2 fully saturated rings. The van der Waals surface area contributed by atoms with E-state index in [1.165, 1.54) is 6.33 Å². The lowest BCUT2D eigenvalue weighted by atomic mass is 9.78. The summed E-state index contributed by atoms with van der Waals surface area (Å²) in [4.78, 5) is 25.4. The second-order valence-electron chi connectivity index (χ2n) is 6.26. The maximum atomic E-state index is 12.9. The van der Waals surface area contributed by atoms with Crippen LogP contribution in [0.25, 0.3) is 0 Å². The topological polar surface area (TPSA) is 67.8 Å². The Morgan fingerprint density at radius 3 is 2.91 bits per heavy atom. The quantitative estimate of drug-likeness (QED) is 0.805. The molecule has 0 saturated carbocycles. The molecule has 126 valence electrons. The molecule has 3 heterocycles. The van der Waals surface area contributed by atoms with Crippen LogP contribution in [0, 0.1) is 5.41 Å². The average molecular weight is 320 g/mol. The normalized spacial score (nSPS) is 24.5. The first-order chi connectivity index (χ1) is 11.2. The smallest absolute Gasteiger partial charge is 0.230 e. The van der Waals surface area contributed by atoms with Gasteiger partial charge in [-0.05, 0) is 19.3 Å². The summed E-state index contributed by atoms with van der Waals surface area (Å²) in [5.41, 5.74) is -0.274. The third-order valence-electron chi connectivity index (χ3n) is 4.90. The molecule has 0 radical (unpaired) electrons. The number of nitrogens with zero attached hydrogens (tertiary/aromatic N) is 4. The summed E-state index contributed by atoms with van der Waals surface area (Å²) in [6, 6.07) is 1.83. The van der Waals surface area contributed by atoms with Crippen LogP contribution in [0.3, 0.4) is 0 Å². The van der Waals surface area contributed by atoms with Gasteiger partial charge in [0.2, 0.25) is 11.8 Å². The fourth-order valence-electron chi connectivity index (χ4n) is 3.63. The molecule has 1 aromatic rings. The minimum absolute atomic E-state index is 0.268. The van der Waals surface area contributed by atoms with E-state index in [1.807, 2.05) is 11.0 Å². The van der Waals surface area contributed by atoms with E-state index < -0.39 is 0 Å². The van der Waals surface area contributed by atoms with Gasteiger partial charge in [0.15, 0.2) is 0 Å². The fourth-order valence-corrected chi connectivity index (χ4v) is 3.63. The molecule has 2 saturated heterocycles. The van der Waals surface area contributed by atoms with Gasteiger partial charge in [0.25, 0.3) is 0 Å². The monoisotopic (exact) mass is 320 g/mol. The molecule has 0 aromatic carbocycles. The van der Waals surface area contributed by atoms with E-state index in [0.717, 1.165) is 44.7 Å². The Kier molecular flexibility index (Phi) is 4.66. The highest BCUT2D eigenvalue weighted by Crippen LogP contribution is 2.41. The number of amides is 1. The number of methoxy groups -OCH3 is 2. The molecular formula is C16H24N4O3. The van der Waals surface area contributed by atoms with Crippen molar-refractivity contribution in [1.82, 2.24) is 14.9 Å². The van der Waals surface area contributed by atoms with Crippen LogP contribution in [-0.2, 0) is 9.53 Å². The van der Waals surface area contributed by atoms with Crippen molar-refractivity contribution in [2.45, 2.75) is 19.3 Å². The fraction of sp³-hybridized carbons (Fsp3) is 0.688. The van der Waals surface area contributed by atoms with Crippen molar-refractivity contribution in [3.8, 4) is 5.88 Å². The van der Waals surface area contributed by atoms with Gasteiger partial charge in [-0.15, -0.1) is 0 Å². The highest BCUT2D eigenvalue weighted by atomic mass is 16.5. The van der Waals surface area contributed by atoms with Crippen LogP contribution < -0.4 is 9.64 Å². The zero-order chi connectivity index (χ0) is 16.3. The second kappa shape index (κ2) is 6.70. The Morgan fingerprint density at radius 1 is 1.26 bits per heavy atom. The largest absolute Gasteiger partial charge is 0.481 e. The molecule has 7 nitrogen and oxygen atoms in total. The Balaban J connectivity index is 1.73. The molecule has 2 aliphatic heterocycles. The van der Waals surface area contributed by atoms with E-state index in [2.05, 4.69) is 14.9 Å². The number of hydrogen-bond acceptors (Lipinski definition) is 6. The maximum Gasteiger partial charge on any atom is 0.230 e. The zero-order valence-corrected chi connectivity index (χ0v) is 13.8. The molecule has 1 amide bonds. The molecule has 0 aliphatic carbocycles. The number of likely N-dealkylation sites (tertiary alicyclic amines) is 1. The number of carbonyl (C=O) groups excluding carboxylic acids is 1. The average Bonchev–Trinajstić information content (AvgIpc) is 3.02. The van der Waals surface area contributed by atoms with E-state index in [4.69, 9.17) is 9.47 Å². The van der Waals surface area contributed by atoms with Crippen LogP contribution in [-0.4, -0.2) is 67.8 Å². The molecule has 1 spiro atoms. The summed E-state index contributed by atoms with van der Waals surface area (Å²) < 4.78 is 10.3. The van der Waals surface area contributed by atoms with Crippen LogP contribution in [0.1, 0.15) is 19.3 Å². The Hall–Kier alpha value is -1.89. The molecule has 0 bridgehead atoms. The number of piperidine rings is 1. The molecule has 23 heavy (non-hydrogen) atoms. The molecular weight excluding hydrogens is 296 g/mol. The van der Waals surface area contributed by atoms with E-state index in [9.17, 15) is 4.79 Å². The summed E-state index contributed by atoms with van der Waals surface area (Å²) in [6.45, 7) is 3.66. The van der Waals surface area contributed by atoms with Gasteiger partial charge in [-0.2, -0.15) is 0 Å². The molecule has 0 N–H and O–H groups in total. The van der Waals surface area contributed by atoms with Crippen molar-refractivity contribution in [2.75, 3.05) is 51.9 Å². The summed E-state index contributed by atoms with van der Waals surface area (Å²) in [5.74, 6) is 1.65. The van der Waals surface area contributed by atoms with Crippen molar-refractivity contribution < 1.29 is 14.3 Å². The van der Waals surface area contributed by atoms with Gasteiger partial charge in [0, 0.05) is 39.4 Å². The Labute approximate surface area is 136 Å². The second-order valence-corrected chi connectivity index (χ2v) is 6.26. The lowest BCUT2D eigenvalue weighted by molar-refractivity contribution is -0.145. The lowest BCUT2D eigenvalue weighted by Crippen LogP contribution is -2.51. The standard InChI is InChI=1S/C16H24N4O3/c1-22-9-8-19-6-3-4-16(15(19)21)5-7-20(11-16)13-10-14(23-2)18-12-17-13/h10,12H,3-9,11H2,1-2H3. The number of carbonyl (C=O) groups is 1. The highest BCUT2D eigenvalue weighted by molar-refractivity contribution is 5.85. The Morgan fingerprint density at radius 2 is 2.13 bits per heavy atom. The zero-order valence-electron chi connectivity index (χ0n) is 13.8.